The lowest BCUT2D eigenvalue weighted by molar-refractivity contribution is -0.0614. The van der Waals surface area contributed by atoms with Crippen molar-refractivity contribution in [3.05, 3.63) is 11.6 Å². The first-order valence-corrected chi connectivity index (χ1v) is 5.04. The summed E-state index contributed by atoms with van der Waals surface area (Å²) in [6.07, 6.45) is -0.0460. The molecule has 1 aliphatic heterocycles. The van der Waals surface area contributed by atoms with Crippen molar-refractivity contribution in [1.29, 1.82) is 0 Å². The van der Waals surface area contributed by atoms with Crippen LogP contribution in [-0.2, 0) is 0 Å². The van der Waals surface area contributed by atoms with Crippen molar-refractivity contribution < 1.29 is 13.2 Å². The molecule has 15 heavy (non-hydrogen) atoms. The Labute approximate surface area is 86.3 Å². The van der Waals surface area contributed by atoms with E-state index in [2.05, 4.69) is 16.4 Å². The molecule has 0 saturated heterocycles. The maximum Gasteiger partial charge on any atom is 0.448 e. The molecule has 84 valence electrons. The first-order valence-electron chi connectivity index (χ1n) is 5.04. The van der Waals surface area contributed by atoms with Gasteiger partial charge in [0.05, 0.1) is 12.1 Å². The van der Waals surface area contributed by atoms with Crippen LogP contribution in [0.1, 0.15) is 26.2 Å². The summed E-state index contributed by atoms with van der Waals surface area (Å²) >= 11 is 0. The van der Waals surface area contributed by atoms with Gasteiger partial charge < -0.3 is 5.32 Å². The standard InChI is InChI=1S/C10H13F3N2/c1-6-3-2-4-7-8(5-6)15-9(14-7)10(11,12)13/h3,7-8H,2,4-5H2,1H3,(H,14,15). The summed E-state index contributed by atoms with van der Waals surface area (Å²) in [4.78, 5) is 3.73. The zero-order chi connectivity index (χ0) is 11.1. The summed E-state index contributed by atoms with van der Waals surface area (Å²) in [5.74, 6) is -0.799. The molecule has 0 amide bonds. The lowest BCUT2D eigenvalue weighted by Gasteiger charge is -2.15. The number of hydrogen-bond donors (Lipinski definition) is 1. The monoisotopic (exact) mass is 218 g/mol. The minimum Gasteiger partial charge on any atom is -0.361 e. The molecule has 2 rings (SSSR count). The van der Waals surface area contributed by atoms with Gasteiger partial charge in [-0.05, 0) is 26.2 Å². The Kier molecular flexibility index (Phi) is 2.48. The number of aliphatic imine (C=N–C) groups is 1. The second-order valence-corrected chi connectivity index (χ2v) is 4.13. The Balaban J connectivity index is 2.15. The Morgan fingerprint density at radius 2 is 2.20 bits per heavy atom. The van der Waals surface area contributed by atoms with E-state index in [1.54, 1.807) is 0 Å². The van der Waals surface area contributed by atoms with E-state index in [1.807, 2.05) is 6.92 Å². The van der Waals surface area contributed by atoms with E-state index in [1.165, 1.54) is 0 Å². The molecule has 0 radical (unpaired) electrons. The summed E-state index contributed by atoms with van der Waals surface area (Å²) in [6.45, 7) is 1.95. The molecule has 1 heterocycles. The van der Waals surface area contributed by atoms with Crippen LogP contribution in [0.5, 0.6) is 0 Å². The number of fused-ring (bicyclic) bond motifs is 1. The molecule has 0 aromatic carbocycles. The maximum absolute atomic E-state index is 12.4. The zero-order valence-electron chi connectivity index (χ0n) is 8.43. The van der Waals surface area contributed by atoms with Crippen LogP contribution >= 0.6 is 0 Å². The van der Waals surface area contributed by atoms with Gasteiger partial charge in [-0.1, -0.05) is 11.6 Å². The second-order valence-electron chi connectivity index (χ2n) is 4.13. The third kappa shape index (κ3) is 2.16. The second kappa shape index (κ2) is 3.54. The van der Waals surface area contributed by atoms with Gasteiger partial charge in [-0.25, -0.2) is 0 Å². The van der Waals surface area contributed by atoms with Crippen molar-refractivity contribution in [2.75, 3.05) is 0 Å². The van der Waals surface area contributed by atoms with Crippen LogP contribution in [0.4, 0.5) is 13.2 Å². The molecule has 0 saturated carbocycles. The Bertz CT molecular complexity index is 317. The topological polar surface area (TPSA) is 24.4 Å². The molecule has 1 N–H and O–H groups in total. The predicted molar refractivity (Wildman–Crippen MR) is 51.8 cm³/mol. The highest BCUT2D eigenvalue weighted by atomic mass is 19.4. The SMILES string of the molecule is CC1=CCCC2NC(C(F)(F)F)=NC2C1. The number of amidine groups is 1. The van der Waals surface area contributed by atoms with E-state index in [0.717, 1.165) is 18.4 Å². The number of alkyl halides is 3. The summed E-state index contributed by atoms with van der Waals surface area (Å²) in [6, 6.07) is -0.379. The number of allylic oxidation sites excluding steroid dienone is 1. The molecule has 2 atom stereocenters. The molecule has 0 bridgehead atoms. The molecule has 0 spiro atoms. The fourth-order valence-corrected chi connectivity index (χ4v) is 2.09. The van der Waals surface area contributed by atoms with Gasteiger partial charge in [-0.15, -0.1) is 0 Å². The van der Waals surface area contributed by atoms with Crippen LogP contribution in [0.2, 0.25) is 0 Å². The van der Waals surface area contributed by atoms with Crippen molar-refractivity contribution in [2.45, 2.75) is 44.4 Å². The normalized spacial score (nSPS) is 31.2. The van der Waals surface area contributed by atoms with E-state index in [-0.39, 0.29) is 12.1 Å². The predicted octanol–water partition coefficient (Wildman–Crippen LogP) is 2.42. The minimum atomic E-state index is -4.33. The quantitative estimate of drug-likeness (QED) is 0.620. The van der Waals surface area contributed by atoms with Crippen LogP contribution in [-0.4, -0.2) is 24.1 Å². The highest BCUT2D eigenvalue weighted by molar-refractivity contribution is 5.89. The minimum absolute atomic E-state index is 0.143. The van der Waals surface area contributed by atoms with Gasteiger partial charge in [0.15, 0.2) is 0 Å². The third-order valence-corrected chi connectivity index (χ3v) is 2.85. The molecule has 2 nitrogen and oxygen atoms in total. The van der Waals surface area contributed by atoms with Gasteiger partial charge >= 0.3 is 6.18 Å². The van der Waals surface area contributed by atoms with Crippen LogP contribution in [0, 0.1) is 0 Å². The van der Waals surface area contributed by atoms with Crippen molar-refractivity contribution >= 4 is 5.84 Å². The lowest BCUT2D eigenvalue weighted by atomic mass is 10.0. The van der Waals surface area contributed by atoms with Gasteiger partial charge in [-0.3, -0.25) is 4.99 Å². The molecule has 2 unspecified atom stereocenters. The van der Waals surface area contributed by atoms with Crippen LogP contribution in [0.25, 0.3) is 0 Å². The van der Waals surface area contributed by atoms with E-state index < -0.39 is 12.0 Å². The highest BCUT2D eigenvalue weighted by Gasteiger charge is 2.43. The summed E-state index contributed by atoms with van der Waals surface area (Å²) in [5.41, 5.74) is 1.14. The average Bonchev–Trinajstić information content (AvgIpc) is 2.41. The Morgan fingerprint density at radius 3 is 2.87 bits per heavy atom. The van der Waals surface area contributed by atoms with Crippen molar-refractivity contribution in [3.8, 4) is 0 Å². The molecule has 0 aromatic rings. The zero-order valence-corrected chi connectivity index (χ0v) is 8.43. The number of rotatable bonds is 0. The molecule has 5 heteroatoms. The summed E-state index contributed by atoms with van der Waals surface area (Å²) < 4.78 is 37.2. The van der Waals surface area contributed by atoms with Gasteiger partial charge in [0.1, 0.15) is 0 Å². The highest BCUT2D eigenvalue weighted by Crippen LogP contribution is 2.28. The fourth-order valence-electron chi connectivity index (χ4n) is 2.09. The summed E-state index contributed by atoms with van der Waals surface area (Å²) in [7, 11) is 0. The first-order chi connectivity index (χ1) is 6.97. The van der Waals surface area contributed by atoms with Crippen molar-refractivity contribution in [3.63, 3.8) is 0 Å². The molecule has 1 aliphatic carbocycles. The van der Waals surface area contributed by atoms with Crippen molar-refractivity contribution in [1.82, 2.24) is 5.32 Å². The van der Waals surface area contributed by atoms with Gasteiger partial charge in [-0.2, -0.15) is 13.2 Å². The third-order valence-electron chi connectivity index (χ3n) is 2.85. The van der Waals surface area contributed by atoms with Crippen LogP contribution in [0.3, 0.4) is 0 Å². The number of nitrogens with one attached hydrogen (secondary N) is 1. The van der Waals surface area contributed by atoms with E-state index in [9.17, 15) is 13.2 Å². The smallest absolute Gasteiger partial charge is 0.361 e. The van der Waals surface area contributed by atoms with Gasteiger partial charge in [0, 0.05) is 0 Å². The Hall–Kier alpha value is -1.00. The van der Waals surface area contributed by atoms with Crippen LogP contribution < -0.4 is 5.32 Å². The largest absolute Gasteiger partial charge is 0.448 e. The molecule has 0 aromatic heterocycles. The fraction of sp³-hybridized carbons (Fsp3) is 0.700. The lowest BCUT2D eigenvalue weighted by Crippen LogP contribution is -2.40. The first kappa shape index (κ1) is 10.5. The molecule has 2 aliphatic rings. The van der Waals surface area contributed by atoms with E-state index in [4.69, 9.17) is 0 Å². The van der Waals surface area contributed by atoms with Crippen molar-refractivity contribution in [2.24, 2.45) is 4.99 Å². The van der Waals surface area contributed by atoms with E-state index in [0.29, 0.717) is 6.42 Å². The average molecular weight is 218 g/mol. The molecular weight excluding hydrogens is 205 g/mol. The van der Waals surface area contributed by atoms with E-state index >= 15 is 0 Å². The number of hydrogen-bond acceptors (Lipinski definition) is 2. The van der Waals surface area contributed by atoms with Gasteiger partial charge in [0.25, 0.3) is 0 Å². The molecule has 0 fully saturated rings. The Morgan fingerprint density at radius 1 is 1.47 bits per heavy atom. The number of halogens is 3. The molecular formula is C10H13F3N2. The maximum atomic E-state index is 12.4. The summed E-state index contributed by atoms with van der Waals surface area (Å²) in [5, 5.41) is 2.49. The van der Waals surface area contributed by atoms with Crippen LogP contribution in [0.15, 0.2) is 16.6 Å². The number of nitrogens with zero attached hydrogens (tertiary/aromatic N) is 1. The van der Waals surface area contributed by atoms with Gasteiger partial charge in [0.2, 0.25) is 5.84 Å².